The van der Waals surface area contributed by atoms with Crippen LogP contribution in [0.5, 0.6) is 0 Å². The fraction of sp³-hybridized carbons (Fsp3) is 0. The Balaban J connectivity index is 0.890. The fourth-order valence-corrected chi connectivity index (χ4v) is 10.5. The second-order valence-corrected chi connectivity index (χ2v) is 17.7. The van der Waals surface area contributed by atoms with E-state index in [1.807, 2.05) is 24.4 Å². The lowest BCUT2D eigenvalue weighted by atomic mass is 9.97. The summed E-state index contributed by atoms with van der Waals surface area (Å²) in [6, 6.07) is 84.3. The zero-order valence-corrected chi connectivity index (χ0v) is 37.3. The van der Waals surface area contributed by atoms with Gasteiger partial charge in [0.2, 0.25) is 5.95 Å². The van der Waals surface area contributed by atoms with E-state index in [9.17, 15) is 0 Å². The van der Waals surface area contributed by atoms with Gasteiger partial charge in [0.1, 0.15) is 0 Å². The molecule has 0 bridgehead atoms. The molecule has 69 heavy (non-hydrogen) atoms. The Morgan fingerprint density at radius 2 is 0.768 bits per heavy atom. The molecule has 0 amide bonds. The molecule has 0 spiro atoms. The van der Waals surface area contributed by atoms with Gasteiger partial charge in [0, 0.05) is 55.6 Å². The highest BCUT2D eigenvalue weighted by atomic mass is 15.2. The quantitative estimate of drug-likeness (QED) is 0.160. The van der Waals surface area contributed by atoms with Crippen LogP contribution in [-0.4, -0.2) is 28.7 Å². The summed E-state index contributed by atoms with van der Waals surface area (Å²) in [6.07, 6.45) is 1.89. The van der Waals surface area contributed by atoms with Crippen LogP contribution in [0, 0.1) is 0 Å². The number of nitrogens with zero attached hydrogens (tertiary/aromatic N) is 6. The van der Waals surface area contributed by atoms with Gasteiger partial charge in [-0.1, -0.05) is 152 Å². The molecule has 0 N–H and O–H groups in total. The van der Waals surface area contributed by atoms with Crippen molar-refractivity contribution in [1.82, 2.24) is 28.7 Å². The topological polar surface area (TPSA) is 53.5 Å². The van der Waals surface area contributed by atoms with E-state index in [0.717, 1.165) is 105 Å². The number of pyridine rings is 1. The Kier molecular flexibility index (Phi) is 8.79. The van der Waals surface area contributed by atoms with Crippen LogP contribution in [0.25, 0.3) is 128 Å². The van der Waals surface area contributed by atoms with E-state index in [1.165, 1.54) is 16.3 Å². The second-order valence-electron chi connectivity index (χ2n) is 17.7. The minimum absolute atomic E-state index is 0.638. The lowest BCUT2D eigenvalue weighted by Gasteiger charge is -2.12. The van der Waals surface area contributed by atoms with Gasteiger partial charge in [-0.3, -0.25) is 9.55 Å². The third kappa shape index (κ3) is 6.30. The normalized spacial score (nSPS) is 11.8. The molecule has 14 aromatic rings. The first-order valence-electron chi connectivity index (χ1n) is 23.3. The molecule has 14 rings (SSSR count). The van der Waals surface area contributed by atoms with E-state index in [0.29, 0.717) is 5.95 Å². The van der Waals surface area contributed by atoms with E-state index in [2.05, 4.69) is 232 Å². The highest BCUT2D eigenvalue weighted by Crippen LogP contribution is 2.40. The fourth-order valence-electron chi connectivity index (χ4n) is 10.5. The van der Waals surface area contributed by atoms with Crippen LogP contribution in [0.4, 0.5) is 0 Å². The Bertz CT molecular complexity index is 4240. The minimum Gasteiger partial charge on any atom is -0.309 e. The molecule has 0 saturated carbocycles. The zero-order valence-electron chi connectivity index (χ0n) is 37.3. The maximum Gasteiger partial charge on any atom is 0.235 e. The van der Waals surface area contributed by atoms with Crippen molar-refractivity contribution in [2.24, 2.45) is 0 Å². The van der Waals surface area contributed by atoms with Crippen molar-refractivity contribution in [1.29, 1.82) is 0 Å². The van der Waals surface area contributed by atoms with Gasteiger partial charge in [0.05, 0.1) is 50.0 Å². The molecule has 6 heteroatoms. The van der Waals surface area contributed by atoms with Crippen LogP contribution in [0.15, 0.2) is 243 Å². The highest BCUT2D eigenvalue weighted by molar-refractivity contribution is 6.13. The maximum absolute atomic E-state index is 5.24. The highest BCUT2D eigenvalue weighted by Gasteiger charge is 2.20. The largest absolute Gasteiger partial charge is 0.309 e. The Morgan fingerprint density at radius 3 is 1.49 bits per heavy atom. The number of hydrogen-bond donors (Lipinski definition) is 0. The van der Waals surface area contributed by atoms with Crippen molar-refractivity contribution in [2.75, 3.05) is 0 Å². The first-order chi connectivity index (χ1) is 34.2. The molecule has 322 valence electrons. The molecule has 0 atom stereocenters. The van der Waals surface area contributed by atoms with Crippen molar-refractivity contribution >= 4 is 65.5 Å². The molecular weight excluding hydrogens is 841 g/mol. The molecule has 9 aromatic carbocycles. The van der Waals surface area contributed by atoms with Gasteiger partial charge in [0.25, 0.3) is 0 Å². The van der Waals surface area contributed by atoms with Crippen LogP contribution < -0.4 is 0 Å². The van der Waals surface area contributed by atoms with Crippen molar-refractivity contribution < 1.29 is 0 Å². The molecule has 0 radical (unpaired) electrons. The van der Waals surface area contributed by atoms with E-state index >= 15 is 0 Å². The molecule has 6 nitrogen and oxygen atoms in total. The number of para-hydroxylation sites is 3. The Hall–Kier alpha value is -9.39. The van der Waals surface area contributed by atoms with Gasteiger partial charge in [-0.05, 0) is 107 Å². The maximum atomic E-state index is 5.24. The van der Waals surface area contributed by atoms with E-state index in [4.69, 9.17) is 15.0 Å². The lowest BCUT2D eigenvalue weighted by Crippen LogP contribution is -2.03. The van der Waals surface area contributed by atoms with Gasteiger partial charge in [-0.15, -0.1) is 0 Å². The van der Waals surface area contributed by atoms with Crippen LogP contribution >= 0.6 is 0 Å². The third-order valence-electron chi connectivity index (χ3n) is 13.7. The summed E-state index contributed by atoms with van der Waals surface area (Å²) in [6.45, 7) is 0. The van der Waals surface area contributed by atoms with Gasteiger partial charge >= 0.3 is 0 Å². The monoisotopic (exact) mass is 880 g/mol. The first kappa shape index (κ1) is 38.8. The summed E-state index contributed by atoms with van der Waals surface area (Å²) in [7, 11) is 0. The molecule has 0 unspecified atom stereocenters. The van der Waals surface area contributed by atoms with Crippen molar-refractivity contribution in [3.63, 3.8) is 0 Å². The minimum atomic E-state index is 0.638. The first-order valence-corrected chi connectivity index (χ1v) is 23.3. The molecule has 0 aliphatic carbocycles. The lowest BCUT2D eigenvalue weighted by molar-refractivity contribution is 0.995. The van der Waals surface area contributed by atoms with Gasteiger partial charge < -0.3 is 9.13 Å². The molecule has 0 fully saturated rings. The van der Waals surface area contributed by atoms with Crippen LogP contribution in [0.3, 0.4) is 0 Å². The zero-order chi connectivity index (χ0) is 45.4. The smallest absolute Gasteiger partial charge is 0.235 e. The Labute approximate surface area is 397 Å². The third-order valence-corrected chi connectivity index (χ3v) is 13.7. The average Bonchev–Trinajstić information content (AvgIpc) is 4.06. The molecule has 0 aliphatic heterocycles. The molecule has 5 heterocycles. The molecule has 0 aliphatic rings. The van der Waals surface area contributed by atoms with E-state index in [-0.39, 0.29) is 0 Å². The van der Waals surface area contributed by atoms with Crippen molar-refractivity contribution in [3.8, 4) is 62.1 Å². The predicted molar refractivity (Wildman–Crippen MR) is 285 cm³/mol. The van der Waals surface area contributed by atoms with Gasteiger partial charge in [-0.2, -0.15) is 0 Å². The van der Waals surface area contributed by atoms with Crippen molar-refractivity contribution in [3.05, 3.63) is 243 Å². The summed E-state index contributed by atoms with van der Waals surface area (Å²) in [5.41, 5.74) is 18.3. The van der Waals surface area contributed by atoms with Gasteiger partial charge in [-0.25, -0.2) is 9.97 Å². The van der Waals surface area contributed by atoms with Crippen LogP contribution in [0.2, 0.25) is 0 Å². The van der Waals surface area contributed by atoms with Gasteiger partial charge in [0.15, 0.2) is 0 Å². The number of fused-ring (bicyclic) bond motifs is 9. The predicted octanol–water partition coefficient (Wildman–Crippen LogP) is 15.8. The molecule has 0 saturated heterocycles. The van der Waals surface area contributed by atoms with Crippen molar-refractivity contribution in [2.45, 2.75) is 0 Å². The standard InChI is InChI=1S/C63H40N6/c1-4-16-41(17-5-1)54-40-55(42-18-6-2-7-19-42)66-63(65-54)69-57-27-13-11-25-50(57)52-37-45(30-33-58(52)69)43-20-14-21-44(36-43)46-29-32-51-49-24-10-12-26-56(49)68(61(51)38-46)48-31-34-59-53(39-48)62-60(28-15-35-64-62)67(59)47-22-8-3-9-23-47/h1-40H. The molecular formula is C63H40N6. The summed E-state index contributed by atoms with van der Waals surface area (Å²) in [4.78, 5) is 15.4. The SMILES string of the molecule is c1ccc(-c2cc(-c3ccccc3)nc(-n3c4ccccc4c4cc(-c5cccc(-c6ccc7c8ccccc8n(-c8ccc9c(c8)c8ncccc8n9-c8ccccc8)c7c6)c5)ccc43)n2)cc1. The summed E-state index contributed by atoms with van der Waals surface area (Å²) < 4.78 is 6.94. The number of hydrogen-bond acceptors (Lipinski definition) is 3. The van der Waals surface area contributed by atoms with E-state index < -0.39 is 0 Å². The Morgan fingerprint density at radius 1 is 0.261 bits per heavy atom. The second kappa shape index (κ2) is 15.6. The average molecular weight is 881 g/mol. The summed E-state index contributed by atoms with van der Waals surface area (Å²) in [5, 5.41) is 5.85. The van der Waals surface area contributed by atoms with Crippen LogP contribution in [-0.2, 0) is 0 Å². The summed E-state index contributed by atoms with van der Waals surface area (Å²) in [5.74, 6) is 0.638. The van der Waals surface area contributed by atoms with Crippen LogP contribution in [0.1, 0.15) is 0 Å². The number of rotatable bonds is 7. The van der Waals surface area contributed by atoms with E-state index in [1.54, 1.807) is 0 Å². The number of benzene rings is 9. The summed E-state index contributed by atoms with van der Waals surface area (Å²) >= 11 is 0. The number of aromatic nitrogens is 6. The molecule has 5 aromatic heterocycles.